The van der Waals surface area contributed by atoms with E-state index in [0.29, 0.717) is 11.1 Å². The van der Waals surface area contributed by atoms with Gasteiger partial charge in [0.05, 0.1) is 11.7 Å². The molecule has 0 saturated heterocycles. The van der Waals surface area contributed by atoms with Crippen molar-refractivity contribution in [3.05, 3.63) is 24.3 Å². The van der Waals surface area contributed by atoms with Crippen LogP contribution in [0.15, 0.2) is 24.3 Å². The molecule has 0 rings (SSSR count). The van der Waals surface area contributed by atoms with Crippen molar-refractivity contribution in [3.63, 3.8) is 0 Å². The Morgan fingerprint density at radius 3 is 1.75 bits per heavy atom. The van der Waals surface area contributed by atoms with Crippen molar-refractivity contribution < 1.29 is 19.1 Å². The lowest BCUT2D eigenvalue weighted by Gasteiger charge is -2.19. The van der Waals surface area contributed by atoms with Crippen LogP contribution >= 0.6 is 0 Å². The molecule has 0 aromatic heterocycles. The summed E-state index contributed by atoms with van der Waals surface area (Å²) < 4.78 is 10.5. The summed E-state index contributed by atoms with van der Waals surface area (Å²) in [6, 6.07) is 0. The van der Waals surface area contributed by atoms with Gasteiger partial charge in [-0.2, -0.15) is 0 Å². The molecule has 0 radical (unpaired) electrons. The molecule has 2 amide bonds. The summed E-state index contributed by atoms with van der Waals surface area (Å²) >= 11 is 0. The zero-order chi connectivity index (χ0) is 19.3. The molecule has 0 fully saturated rings. The second-order valence-electron chi connectivity index (χ2n) is 6.50. The molecule has 0 aromatic carbocycles. The number of rotatable bonds is 8. The number of hydrogen-bond donors (Lipinski definition) is 2. The van der Waals surface area contributed by atoms with Crippen LogP contribution < -0.4 is 10.6 Å². The van der Waals surface area contributed by atoms with E-state index in [0.717, 1.165) is 6.42 Å². The SMILES string of the molecule is C=C(C)C(=O)NCOC(C)(C)C.C=C(C)C(=O)NCOC(C)CC. The van der Waals surface area contributed by atoms with Gasteiger partial charge in [0.15, 0.2) is 0 Å². The summed E-state index contributed by atoms with van der Waals surface area (Å²) in [5.41, 5.74) is 0.776. The first kappa shape index (κ1) is 24.6. The van der Waals surface area contributed by atoms with Crippen LogP contribution in [0, 0.1) is 0 Å². The van der Waals surface area contributed by atoms with Crippen LogP contribution in [0.25, 0.3) is 0 Å². The minimum absolute atomic E-state index is 0.154. The van der Waals surface area contributed by atoms with Crippen molar-refractivity contribution in [2.24, 2.45) is 0 Å². The molecule has 0 aromatic rings. The molecular weight excluding hydrogens is 308 g/mol. The van der Waals surface area contributed by atoms with Crippen molar-refractivity contribution in [1.82, 2.24) is 10.6 Å². The van der Waals surface area contributed by atoms with Gasteiger partial charge in [-0.25, -0.2) is 0 Å². The molecule has 24 heavy (non-hydrogen) atoms. The average Bonchev–Trinajstić information content (AvgIpc) is 2.45. The predicted octanol–water partition coefficient (Wildman–Crippen LogP) is 2.90. The minimum atomic E-state index is -0.220. The molecule has 0 aliphatic rings. The molecule has 0 aliphatic heterocycles. The normalized spacial score (nSPS) is 11.6. The quantitative estimate of drug-likeness (QED) is 0.525. The lowest BCUT2D eigenvalue weighted by molar-refractivity contribution is -0.121. The molecule has 6 heteroatoms. The third kappa shape index (κ3) is 16.7. The lowest BCUT2D eigenvalue weighted by Crippen LogP contribution is -2.31. The lowest BCUT2D eigenvalue weighted by atomic mass is 10.2. The summed E-state index contributed by atoms with van der Waals surface area (Å²) in [6.07, 6.45) is 1.14. The molecule has 2 N–H and O–H groups in total. The maximum atomic E-state index is 10.9. The molecule has 140 valence electrons. The molecule has 1 atom stereocenters. The van der Waals surface area contributed by atoms with Crippen LogP contribution in [-0.4, -0.2) is 37.0 Å². The van der Waals surface area contributed by atoms with Gasteiger partial charge in [0, 0.05) is 11.1 Å². The third-order valence-electron chi connectivity index (χ3n) is 2.69. The minimum Gasteiger partial charge on any atom is -0.358 e. The molecule has 6 nitrogen and oxygen atoms in total. The Morgan fingerprint density at radius 1 is 1.00 bits per heavy atom. The van der Waals surface area contributed by atoms with Crippen molar-refractivity contribution in [1.29, 1.82) is 0 Å². The van der Waals surface area contributed by atoms with E-state index >= 15 is 0 Å². The van der Waals surface area contributed by atoms with E-state index in [1.165, 1.54) is 0 Å². The zero-order valence-corrected chi connectivity index (χ0v) is 16.2. The third-order valence-corrected chi connectivity index (χ3v) is 2.69. The van der Waals surface area contributed by atoms with E-state index in [-0.39, 0.29) is 37.0 Å². The van der Waals surface area contributed by atoms with Crippen LogP contribution in [0.4, 0.5) is 0 Å². The number of carbonyl (C=O) groups excluding carboxylic acids is 2. The van der Waals surface area contributed by atoms with Gasteiger partial charge in [0.1, 0.15) is 13.5 Å². The Balaban J connectivity index is 0. The summed E-state index contributed by atoms with van der Waals surface area (Å²) in [7, 11) is 0. The summed E-state index contributed by atoms with van der Waals surface area (Å²) in [6.45, 7) is 20.6. The zero-order valence-electron chi connectivity index (χ0n) is 16.2. The second-order valence-corrected chi connectivity index (χ2v) is 6.50. The highest BCUT2D eigenvalue weighted by molar-refractivity contribution is 5.92. The van der Waals surface area contributed by atoms with Gasteiger partial charge in [0.2, 0.25) is 11.8 Å². The van der Waals surface area contributed by atoms with Crippen LogP contribution in [0.2, 0.25) is 0 Å². The van der Waals surface area contributed by atoms with Gasteiger partial charge in [-0.05, 0) is 48.0 Å². The number of ether oxygens (including phenoxy) is 2. The van der Waals surface area contributed by atoms with Crippen molar-refractivity contribution in [3.8, 4) is 0 Å². The largest absolute Gasteiger partial charge is 0.358 e. The van der Waals surface area contributed by atoms with Gasteiger partial charge in [-0.1, -0.05) is 20.1 Å². The number of amides is 2. The molecular formula is C18H34N2O4. The molecule has 0 heterocycles. The van der Waals surface area contributed by atoms with E-state index in [1.54, 1.807) is 13.8 Å². The monoisotopic (exact) mass is 342 g/mol. The van der Waals surface area contributed by atoms with Crippen LogP contribution in [0.5, 0.6) is 0 Å². The van der Waals surface area contributed by atoms with Crippen LogP contribution in [0.3, 0.4) is 0 Å². The average molecular weight is 342 g/mol. The summed E-state index contributed by atoms with van der Waals surface area (Å²) in [5, 5.41) is 5.16. The maximum Gasteiger partial charge on any atom is 0.248 e. The summed E-state index contributed by atoms with van der Waals surface area (Å²) in [4.78, 5) is 21.9. The van der Waals surface area contributed by atoms with Gasteiger partial charge < -0.3 is 20.1 Å². The van der Waals surface area contributed by atoms with E-state index in [9.17, 15) is 9.59 Å². The first-order valence-corrected chi connectivity index (χ1v) is 8.03. The van der Waals surface area contributed by atoms with Gasteiger partial charge >= 0.3 is 0 Å². The Kier molecular flexibility index (Phi) is 13.0. The van der Waals surface area contributed by atoms with Gasteiger partial charge in [-0.15, -0.1) is 0 Å². The highest BCUT2D eigenvalue weighted by Crippen LogP contribution is 2.04. The maximum absolute atomic E-state index is 10.9. The van der Waals surface area contributed by atoms with Crippen molar-refractivity contribution >= 4 is 11.8 Å². The molecule has 0 bridgehead atoms. The number of nitrogens with one attached hydrogen (secondary N) is 2. The highest BCUT2D eigenvalue weighted by Gasteiger charge is 2.10. The first-order chi connectivity index (χ1) is 10.9. The topological polar surface area (TPSA) is 76.7 Å². The van der Waals surface area contributed by atoms with Crippen molar-refractivity contribution in [2.45, 2.75) is 66.6 Å². The Bertz CT molecular complexity index is 425. The molecule has 0 spiro atoms. The molecule has 1 unspecified atom stereocenters. The van der Waals surface area contributed by atoms with Crippen LogP contribution in [-0.2, 0) is 19.1 Å². The van der Waals surface area contributed by atoms with Gasteiger partial charge in [-0.3, -0.25) is 9.59 Å². The standard InChI is InChI=1S/2C9H17NO2/c1-7(2)8(11)10-6-12-9(3,4)5;1-5-8(4)12-6-10-9(11)7(2)3/h1,6H2,2-5H3,(H,10,11);8H,2,5-6H2,1,3-4H3,(H,10,11). The fourth-order valence-electron chi connectivity index (χ4n) is 0.987. The fraction of sp³-hybridized carbons (Fsp3) is 0.667. The fourth-order valence-corrected chi connectivity index (χ4v) is 0.987. The van der Waals surface area contributed by atoms with E-state index < -0.39 is 0 Å². The van der Waals surface area contributed by atoms with E-state index in [1.807, 2.05) is 34.6 Å². The number of hydrogen-bond acceptors (Lipinski definition) is 4. The smallest absolute Gasteiger partial charge is 0.248 e. The van der Waals surface area contributed by atoms with E-state index in [2.05, 4.69) is 23.8 Å². The first-order valence-electron chi connectivity index (χ1n) is 8.03. The second kappa shape index (κ2) is 12.7. The molecule has 0 aliphatic carbocycles. The van der Waals surface area contributed by atoms with Crippen LogP contribution in [0.1, 0.15) is 54.9 Å². The van der Waals surface area contributed by atoms with Gasteiger partial charge in [0.25, 0.3) is 0 Å². The summed E-state index contributed by atoms with van der Waals surface area (Å²) in [5.74, 6) is -0.322. The number of carbonyl (C=O) groups is 2. The predicted molar refractivity (Wildman–Crippen MR) is 97.3 cm³/mol. The van der Waals surface area contributed by atoms with E-state index in [4.69, 9.17) is 9.47 Å². The Hall–Kier alpha value is -1.66. The molecule has 0 saturated carbocycles. The Labute approximate surface area is 146 Å². The van der Waals surface area contributed by atoms with Crippen molar-refractivity contribution in [2.75, 3.05) is 13.5 Å². The highest BCUT2D eigenvalue weighted by atomic mass is 16.5. The Morgan fingerprint density at radius 2 is 1.42 bits per heavy atom.